The molecule has 0 amide bonds. The van der Waals surface area contributed by atoms with Crippen molar-refractivity contribution < 1.29 is 8.81 Å². The second-order valence-corrected chi connectivity index (χ2v) is 5.29. The number of nitrogens with one attached hydrogen (secondary N) is 1. The van der Waals surface area contributed by atoms with Gasteiger partial charge in [-0.2, -0.15) is 0 Å². The lowest BCUT2D eigenvalue weighted by atomic mass is 10.1. The minimum atomic E-state index is -0.608. The van der Waals surface area contributed by atoms with E-state index in [1.54, 1.807) is 0 Å². The predicted molar refractivity (Wildman–Crippen MR) is 80.8 cm³/mol. The minimum Gasteiger partial charge on any atom is -0.459 e. The van der Waals surface area contributed by atoms with Crippen LogP contribution >= 0.6 is 23.2 Å². The second kappa shape index (κ2) is 6.61. The van der Waals surface area contributed by atoms with Gasteiger partial charge in [0.05, 0.1) is 16.1 Å². The fourth-order valence-electron chi connectivity index (χ4n) is 2.09. The van der Waals surface area contributed by atoms with E-state index in [1.165, 1.54) is 12.1 Å². The van der Waals surface area contributed by atoms with Gasteiger partial charge < -0.3 is 9.73 Å². The molecule has 1 atom stereocenters. The largest absolute Gasteiger partial charge is 0.459 e. The molecule has 5 heteroatoms. The van der Waals surface area contributed by atoms with Gasteiger partial charge >= 0.3 is 0 Å². The van der Waals surface area contributed by atoms with Crippen molar-refractivity contribution in [3.05, 3.63) is 45.9 Å². The Morgan fingerprint density at radius 2 is 1.85 bits per heavy atom. The van der Waals surface area contributed by atoms with Crippen LogP contribution < -0.4 is 5.32 Å². The van der Waals surface area contributed by atoms with Crippen molar-refractivity contribution in [1.82, 2.24) is 5.32 Å². The lowest BCUT2D eigenvalue weighted by Crippen LogP contribution is -2.19. The van der Waals surface area contributed by atoms with Gasteiger partial charge in [0.15, 0.2) is 5.82 Å². The molecule has 0 aliphatic rings. The summed E-state index contributed by atoms with van der Waals surface area (Å²) in [6.07, 6.45) is 0.922. The molecular formula is C15H16Cl2FNO. The first-order valence-electron chi connectivity index (χ1n) is 6.54. The SMILES string of the molecule is CCNC(CC)c1ccc(-c2cc(Cl)c(F)c(Cl)c2)o1. The van der Waals surface area contributed by atoms with E-state index in [0.29, 0.717) is 11.3 Å². The summed E-state index contributed by atoms with van der Waals surface area (Å²) in [5.74, 6) is 0.865. The van der Waals surface area contributed by atoms with Gasteiger partial charge in [0, 0.05) is 5.56 Å². The third-order valence-corrected chi connectivity index (χ3v) is 3.65. The zero-order valence-electron chi connectivity index (χ0n) is 11.3. The second-order valence-electron chi connectivity index (χ2n) is 4.47. The fourth-order valence-corrected chi connectivity index (χ4v) is 2.57. The van der Waals surface area contributed by atoms with Crippen LogP contribution in [0, 0.1) is 5.82 Å². The standard InChI is InChI=1S/C15H16Cl2FNO/c1-3-12(19-4-2)14-6-5-13(20-14)9-7-10(16)15(18)11(17)8-9/h5-8,12,19H,3-4H2,1-2H3. The molecule has 1 aromatic heterocycles. The zero-order valence-corrected chi connectivity index (χ0v) is 12.9. The van der Waals surface area contributed by atoms with E-state index in [0.717, 1.165) is 18.7 Å². The number of halogens is 3. The van der Waals surface area contributed by atoms with Crippen LogP contribution in [0.25, 0.3) is 11.3 Å². The summed E-state index contributed by atoms with van der Waals surface area (Å²) in [6, 6.07) is 6.95. The number of hydrogen-bond acceptors (Lipinski definition) is 2. The Hall–Kier alpha value is -1.03. The van der Waals surface area contributed by atoms with E-state index in [-0.39, 0.29) is 16.1 Å². The van der Waals surface area contributed by atoms with Gasteiger partial charge in [0.25, 0.3) is 0 Å². The van der Waals surface area contributed by atoms with Crippen molar-refractivity contribution in [2.24, 2.45) is 0 Å². The lowest BCUT2D eigenvalue weighted by molar-refractivity contribution is 0.417. The van der Waals surface area contributed by atoms with Crippen molar-refractivity contribution in [1.29, 1.82) is 0 Å². The maximum atomic E-state index is 13.4. The molecule has 0 aliphatic carbocycles. The summed E-state index contributed by atoms with van der Waals surface area (Å²) in [5, 5.41) is 3.32. The number of furan rings is 1. The first-order chi connectivity index (χ1) is 9.56. The molecule has 0 radical (unpaired) electrons. The van der Waals surface area contributed by atoms with Crippen molar-refractivity contribution in [3.63, 3.8) is 0 Å². The molecule has 1 N–H and O–H groups in total. The van der Waals surface area contributed by atoms with Crippen LogP contribution in [0.2, 0.25) is 10.0 Å². The van der Waals surface area contributed by atoms with Gasteiger partial charge in [-0.3, -0.25) is 0 Å². The maximum absolute atomic E-state index is 13.4. The number of rotatable bonds is 5. The Morgan fingerprint density at radius 3 is 2.40 bits per heavy atom. The van der Waals surface area contributed by atoms with Gasteiger partial charge in [0.1, 0.15) is 11.5 Å². The summed E-state index contributed by atoms with van der Waals surface area (Å²) in [7, 11) is 0. The molecule has 2 rings (SSSR count). The van der Waals surface area contributed by atoms with Gasteiger partial charge in [-0.15, -0.1) is 0 Å². The molecule has 0 spiro atoms. The maximum Gasteiger partial charge on any atom is 0.160 e. The summed E-state index contributed by atoms with van der Waals surface area (Å²) in [5.41, 5.74) is 0.666. The molecule has 1 aromatic carbocycles. The van der Waals surface area contributed by atoms with Crippen LogP contribution in [0.1, 0.15) is 32.1 Å². The monoisotopic (exact) mass is 315 g/mol. The topological polar surface area (TPSA) is 25.2 Å². The highest BCUT2D eigenvalue weighted by Crippen LogP contribution is 2.32. The fraction of sp³-hybridized carbons (Fsp3) is 0.333. The van der Waals surface area contributed by atoms with Gasteiger partial charge in [-0.05, 0) is 37.2 Å². The van der Waals surface area contributed by atoms with Crippen molar-refractivity contribution in [2.75, 3.05) is 6.54 Å². The molecule has 2 aromatic rings. The molecule has 1 unspecified atom stereocenters. The highest BCUT2D eigenvalue weighted by Gasteiger charge is 2.15. The molecule has 1 heterocycles. The van der Waals surface area contributed by atoms with Crippen LogP contribution in [0.4, 0.5) is 4.39 Å². The Morgan fingerprint density at radius 1 is 1.20 bits per heavy atom. The predicted octanol–water partition coefficient (Wildman–Crippen LogP) is 5.45. The van der Waals surface area contributed by atoms with Gasteiger partial charge in [-0.25, -0.2) is 4.39 Å². The van der Waals surface area contributed by atoms with E-state index in [1.807, 2.05) is 19.1 Å². The smallest absolute Gasteiger partial charge is 0.160 e. The molecule has 108 valence electrons. The van der Waals surface area contributed by atoms with Gasteiger partial charge in [-0.1, -0.05) is 37.0 Å². The summed E-state index contributed by atoms with van der Waals surface area (Å²) in [4.78, 5) is 0. The number of benzene rings is 1. The highest BCUT2D eigenvalue weighted by atomic mass is 35.5. The van der Waals surface area contributed by atoms with E-state index in [2.05, 4.69) is 12.2 Å². The molecule has 0 saturated carbocycles. The lowest BCUT2D eigenvalue weighted by Gasteiger charge is -2.12. The number of hydrogen-bond donors (Lipinski definition) is 1. The Labute approximate surface area is 127 Å². The van der Waals surface area contributed by atoms with Crippen molar-refractivity contribution in [3.8, 4) is 11.3 Å². The molecular weight excluding hydrogens is 300 g/mol. The zero-order chi connectivity index (χ0) is 14.7. The van der Waals surface area contributed by atoms with E-state index in [9.17, 15) is 4.39 Å². The average Bonchev–Trinajstić information content (AvgIpc) is 2.91. The van der Waals surface area contributed by atoms with E-state index >= 15 is 0 Å². The summed E-state index contributed by atoms with van der Waals surface area (Å²) in [6.45, 7) is 5.00. The average molecular weight is 316 g/mol. The molecule has 20 heavy (non-hydrogen) atoms. The summed E-state index contributed by atoms with van der Waals surface area (Å²) >= 11 is 11.6. The third kappa shape index (κ3) is 3.17. The molecule has 0 fully saturated rings. The Kier molecular flexibility index (Phi) is 5.08. The highest BCUT2D eigenvalue weighted by molar-refractivity contribution is 6.35. The molecule has 2 nitrogen and oxygen atoms in total. The molecule has 0 bridgehead atoms. The van der Waals surface area contributed by atoms with E-state index in [4.69, 9.17) is 27.6 Å². The van der Waals surface area contributed by atoms with Crippen molar-refractivity contribution in [2.45, 2.75) is 26.3 Å². The first kappa shape index (κ1) is 15.4. The van der Waals surface area contributed by atoms with Crippen LogP contribution in [-0.4, -0.2) is 6.54 Å². The third-order valence-electron chi connectivity index (χ3n) is 3.10. The molecule has 0 saturated heterocycles. The van der Waals surface area contributed by atoms with Crippen LogP contribution in [0.3, 0.4) is 0 Å². The van der Waals surface area contributed by atoms with Crippen LogP contribution in [0.15, 0.2) is 28.7 Å². The quantitative estimate of drug-likeness (QED) is 0.742. The van der Waals surface area contributed by atoms with Crippen molar-refractivity contribution >= 4 is 23.2 Å². The minimum absolute atomic E-state index is 0.0100. The van der Waals surface area contributed by atoms with Crippen LogP contribution in [-0.2, 0) is 0 Å². The Bertz CT molecular complexity index is 574. The van der Waals surface area contributed by atoms with Crippen LogP contribution in [0.5, 0.6) is 0 Å². The molecule has 0 aliphatic heterocycles. The van der Waals surface area contributed by atoms with Gasteiger partial charge in [0.2, 0.25) is 0 Å². The Balaban J connectivity index is 2.33. The van der Waals surface area contributed by atoms with E-state index < -0.39 is 5.82 Å². The first-order valence-corrected chi connectivity index (χ1v) is 7.30. The normalized spacial score (nSPS) is 12.7. The summed E-state index contributed by atoms with van der Waals surface area (Å²) < 4.78 is 19.2.